The Kier molecular flexibility index (Phi) is 3.52. The monoisotopic (exact) mass is 248 g/mol. The van der Waals surface area contributed by atoms with Gasteiger partial charge in [0.15, 0.2) is 5.82 Å². The third-order valence-electron chi connectivity index (χ3n) is 2.39. The number of aliphatic carboxylic acids is 1. The zero-order valence-electron chi connectivity index (χ0n) is 9.78. The Morgan fingerprint density at radius 1 is 1.50 bits per heavy atom. The topological polar surface area (TPSA) is 90.1 Å². The number of hydrogen-bond acceptors (Lipinski definition) is 5. The molecule has 7 nitrogen and oxygen atoms in total. The molecule has 1 heterocycles. The number of benzene rings is 1. The number of aromatic nitrogens is 4. The molecule has 0 aliphatic carbocycles. The lowest BCUT2D eigenvalue weighted by Crippen LogP contribution is -2.06. The van der Waals surface area contributed by atoms with Crippen molar-refractivity contribution >= 4 is 5.97 Å². The van der Waals surface area contributed by atoms with Gasteiger partial charge >= 0.3 is 5.97 Å². The highest BCUT2D eigenvalue weighted by molar-refractivity contribution is 5.66. The van der Waals surface area contributed by atoms with E-state index in [0.717, 1.165) is 5.69 Å². The molecule has 7 heteroatoms. The van der Waals surface area contributed by atoms with Crippen LogP contribution in [0.3, 0.4) is 0 Å². The minimum absolute atomic E-state index is 0.00958. The van der Waals surface area contributed by atoms with Gasteiger partial charge in [-0.3, -0.25) is 4.79 Å². The van der Waals surface area contributed by atoms with Crippen LogP contribution in [0.4, 0.5) is 0 Å². The number of rotatable bonds is 5. The molecule has 0 unspecified atom stereocenters. The van der Waals surface area contributed by atoms with E-state index in [1.165, 1.54) is 4.68 Å². The second-order valence-electron chi connectivity index (χ2n) is 3.60. The number of carboxylic acid groups (broad SMARTS) is 1. The molecular formula is C11H12N4O3. The quantitative estimate of drug-likeness (QED) is 0.837. The number of ether oxygens (including phenoxy) is 1. The molecule has 0 amide bonds. The molecule has 1 N–H and O–H groups in total. The maximum atomic E-state index is 10.5. The van der Waals surface area contributed by atoms with Crippen LogP contribution in [0.15, 0.2) is 24.3 Å². The predicted octanol–water partition coefficient (Wildman–Crippen LogP) is 0.688. The average Bonchev–Trinajstić information content (AvgIpc) is 2.84. The van der Waals surface area contributed by atoms with Gasteiger partial charge in [0.05, 0.1) is 19.2 Å². The third-order valence-corrected chi connectivity index (χ3v) is 2.39. The van der Waals surface area contributed by atoms with E-state index in [2.05, 4.69) is 15.5 Å². The van der Waals surface area contributed by atoms with Crippen molar-refractivity contribution in [2.24, 2.45) is 0 Å². The molecule has 2 rings (SSSR count). The highest BCUT2D eigenvalue weighted by atomic mass is 16.5. The summed E-state index contributed by atoms with van der Waals surface area (Å²) in [6.07, 6.45) is 0.268. The molecule has 0 saturated carbocycles. The Bertz CT molecular complexity index is 553. The summed E-state index contributed by atoms with van der Waals surface area (Å²) in [7, 11) is 1.57. The number of carboxylic acids is 1. The standard InChI is InChI=1S/C11H12N4O3/c1-18-9-4-2-3-8(7-9)15-10(12-13-14-15)5-6-11(16)17/h2-4,7H,5-6H2,1H3,(H,16,17). The summed E-state index contributed by atoms with van der Waals surface area (Å²) in [6, 6.07) is 7.23. The first-order chi connectivity index (χ1) is 8.70. The van der Waals surface area contributed by atoms with Crippen molar-refractivity contribution < 1.29 is 14.6 Å². The highest BCUT2D eigenvalue weighted by Crippen LogP contribution is 2.16. The predicted molar refractivity (Wildman–Crippen MR) is 61.7 cm³/mol. The molecule has 0 spiro atoms. The van der Waals surface area contributed by atoms with Crippen LogP contribution < -0.4 is 4.74 Å². The largest absolute Gasteiger partial charge is 0.497 e. The van der Waals surface area contributed by atoms with Gasteiger partial charge in [0.1, 0.15) is 5.75 Å². The molecule has 18 heavy (non-hydrogen) atoms. The molecule has 94 valence electrons. The molecule has 0 aliphatic rings. The second-order valence-corrected chi connectivity index (χ2v) is 3.60. The summed E-state index contributed by atoms with van der Waals surface area (Å²) in [5.41, 5.74) is 0.736. The SMILES string of the molecule is COc1cccc(-n2nnnc2CCC(=O)O)c1. The molecule has 0 aliphatic heterocycles. The summed E-state index contributed by atoms with van der Waals surface area (Å²) in [4.78, 5) is 10.5. The van der Waals surface area contributed by atoms with E-state index in [1.54, 1.807) is 13.2 Å². The lowest BCUT2D eigenvalue weighted by atomic mass is 10.2. The van der Waals surface area contributed by atoms with Crippen molar-refractivity contribution in [3.63, 3.8) is 0 Å². The first-order valence-corrected chi connectivity index (χ1v) is 5.34. The number of hydrogen-bond donors (Lipinski definition) is 1. The van der Waals surface area contributed by atoms with E-state index in [9.17, 15) is 4.79 Å². The molecule has 0 atom stereocenters. The van der Waals surface area contributed by atoms with Crippen LogP contribution in [0.2, 0.25) is 0 Å². The van der Waals surface area contributed by atoms with Crippen LogP contribution >= 0.6 is 0 Å². The normalized spacial score (nSPS) is 10.3. The molecule has 0 bridgehead atoms. The molecule has 1 aromatic heterocycles. The molecule has 1 aromatic carbocycles. The van der Waals surface area contributed by atoms with Crippen molar-refractivity contribution in [3.05, 3.63) is 30.1 Å². The minimum Gasteiger partial charge on any atom is -0.497 e. The van der Waals surface area contributed by atoms with Gasteiger partial charge in [-0.1, -0.05) is 6.07 Å². The average molecular weight is 248 g/mol. The van der Waals surface area contributed by atoms with Gasteiger partial charge < -0.3 is 9.84 Å². The summed E-state index contributed by atoms with van der Waals surface area (Å²) in [5.74, 6) is 0.313. The number of nitrogens with zero attached hydrogens (tertiary/aromatic N) is 4. The van der Waals surface area contributed by atoms with Gasteiger partial charge in [-0.25, -0.2) is 0 Å². The van der Waals surface area contributed by atoms with Crippen molar-refractivity contribution in [1.82, 2.24) is 20.2 Å². The van der Waals surface area contributed by atoms with E-state index in [-0.39, 0.29) is 12.8 Å². The van der Waals surface area contributed by atoms with Crippen LogP contribution in [0.5, 0.6) is 5.75 Å². The van der Waals surface area contributed by atoms with Crippen LogP contribution in [-0.2, 0) is 11.2 Å². The molecular weight excluding hydrogens is 236 g/mol. The van der Waals surface area contributed by atoms with E-state index in [4.69, 9.17) is 9.84 Å². The Morgan fingerprint density at radius 2 is 2.33 bits per heavy atom. The van der Waals surface area contributed by atoms with Crippen molar-refractivity contribution in [1.29, 1.82) is 0 Å². The van der Waals surface area contributed by atoms with Gasteiger partial charge in [-0.15, -0.1) is 5.10 Å². The van der Waals surface area contributed by atoms with E-state index in [1.807, 2.05) is 18.2 Å². The fourth-order valence-electron chi connectivity index (χ4n) is 1.52. The molecule has 0 fully saturated rings. The zero-order valence-corrected chi connectivity index (χ0v) is 9.78. The van der Waals surface area contributed by atoms with Crippen molar-refractivity contribution in [3.8, 4) is 11.4 Å². The minimum atomic E-state index is -0.879. The Balaban J connectivity index is 2.27. The zero-order chi connectivity index (χ0) is 13.0. The smallest absolute Gasteiger partial charge is 0.303 e. The maximum Gasteiger partial charge on any atom is 0.303 e. The molecule has 2 aromatic rings. The van der Waals surface area contributed by atoms with Crippen LogP contribution in [-0.4, -0.2) is 38.4 Å². The molecule has 0 saturated heterocycles. The second kappa shape index (κ2) is 5.26. The van der Waals surface area contributed by atoms with Gasteiger partial charge in [0, 0.05) is 12.5 Å². The summed E-state index contributed by atoms with van der Waals surface area (Å²) in [6.45, 7) is 0. The van der Waals surface area contributed by atoms with E-state index in [0.29, 0.717) is 11.6 Å². The molecule has 0 radical (unpaired) electrons. The lowest BCUT2D eigenvalue weighted by molar-refractivity contribution is -0.137. The van der Waals surface area contributed by atoms with Gasteiger partial charge in [-0.05, 0) is 22.6 Å². The van der Waals surface area contributed by atoms with E-state index < -0.39 is 5.97 Å². The highest BCUT2D eigenvalue weighted by Gasteiger charge is 2.10. The number of tetrazole rings is 1. The van der Waals surface area contributed by atoms with Gasteiger partial charge in [-0.2, -0.15) is 4.68 Å². The van der Waals surface area contributed by atoms with Gasteiger partial charge in [0.25, 0.3) is 0 Å². The fraction of sp³-hybridized carbons (Fsp3) is 0.273. The Hall–Kier alpha value is -2.44. The maximum absolute atomic E-state index is 10.5. The lowest BCUT2D eigenvalue weighted by Gasteiger charge is -2.05. The van der Waals surface area contributed by atoms with Crippen LogP contribution in [0.1, 0.15) is 12.2 Å². The Labute approximate surface area is 103 Å². The summed E-state index contributed by atoms with van der Waals surface area (Å²) in [5, 5.41) is 19.9. The number of carbonyl (C=O) groups is 1. The number of methoxy groups -OCH3 is 1. The van der Waals surface area contributed by atoms with Gasteiger partial charge in [0.2, 0.25) is 0 Å². The van der Waals surface area contributed by atoms with Crippen LogP contribution in [0.25, 0.3) is 5.69 Å². The van der Waals surface area contributed by atoms with Crippen molar-refractivity contribution in [2.75, 3.05) is 7.11 Å². The Morgan fingerprint density at radius 3 is 3.06 bits per heavy atom. The first kappa shape index (κ1) is 12.0. The summed E-state index contributed by atoms with van der Waals surface area (Å²) >= 11 is 0. The third kappa shape index (κ3) is 2.62. The summed E-state index contributed by atoms with van der Waals surface area (Å²) < 4.78 is 6.62. The first-order valence-electron chi connectivity index (χ1n) is 5.34. The van der Waals surface area contributed by atoms with E-state index >= 15 is 0 Å². The fourth-order valence-corrected chi connectivity index (χ4v) is 1.52. The number of aryl methyl sites for hydroxylation is 1. The van der Waals surface area contributed by atoms with Crippen molar-refractivity contribution in [2.45, 2.75) is 12.8 Å². The van der Waals surface area contributed by atoms with Crippen LogP contribution in [0, 0.1) is 0 Å².